The molecule has 9 heteroatoms. The molecule has 0 radical (unpaired) electrons. The third-order valence-electron chi connectivity index (χ3n) is 3.91. The highest BCUT2D eigenvalue weighted by Gasteiger charge is 2.23. The number of ether oxygens (including phenoxy) is 2. The molecule has 3 aromatic rings. The summed E-state index contributed by atoms with van der Waals surface area (Å²) in [5, 5.41) is 3.38. The predicted octanol–water partition coefficient (Wildman–Crippen LogP) is 5.99. The average molecular weight is 489 g/mol. The summed E-state index contributed by atoms with van der Waals surface area (Å²) in [6.45, 7) is 10.8. The van der Waals surface area contributed by atoms with E-state index in [4.69, 9.17) is 9.47 Å². The number of hydrogen-bond acceptors (Lipinski definition) is 6. The van der Waals surface area contributed by atoms with Gasteiger partial charge in [-0.3, -0.25) is 5.32 Å². The molecule has 0 bridgehead atoms. The number of nitrogens with zero attached hydrogens (tertiary/aromatic N) is 3. The van der Waals surface area contributed by atoms with Crippen molar-refractivity contribution < 1.29 is 19.1 Å². The van der Waals surface area contributed by atoms with Crippen molar-refractivity contribution in [2.24, 2.45) is 0 Å². The minimum atomic E-state index is -0.641. The lowest BCUT2D eigenvalue weighted by Gasteiger charge is -2.20. The lowest BCUT2D eigenvalue weighted by Crippen LogP contribution is -2.27. The normalized spacial score (nSPS) is 12.0. The largest absolute Gasteiger partial charge is 0.444 e. The van der Waals surface area contributed by atoms with E-state index in [0.29, 0.717) is 26.9 Å². The van der Waals surface area contributed by atoms with Crippen molar-refractivity contribution in [3.63, 3.8) is 0 Å². The number of hydrogen-bond donors (Lipinski definition) is 1. The Kier molecular flexibility index (Phi) is 6.09. The minimum absolute atomic E-state index is 0.414. The summed E-state index contributed by atoms with van der Waals surface area (Å²) in [5.74, 6) is 0. The molecule has 1 amide bonds. The van der Waals surface area contributed by atoms with Crippen LogP contribution in [0.15, 0.2) is 41.3 Å². The van der Waals surface area contributed by atoms with E-state index in [2.05, 4.69) is 31.2 Å². The standard InChI is InChI=1S/C22H25BrN4O4/c1-21(2,3)30-19(28)26-14-9-7-8-13(10-14)17-16-15(23)11-27(18(16)25-12-24-17)20(29)31-22(4,5)6/h7-12H,1-6H3,(H,26,28). The summed E-state index contributed by atoms with van der Waals surface area (Å²) in [6, 6.07) is 7.20. The minimum Gasteiger partial charge on any atom is -0.444 e. The fourth-order valence-corrected chi connectivity index (χ4v) is 3.42. The number of anilines is 1. The Morgan fingerprint density at radius 3 is 2.35 bits per heavy atom. The van der Waals surface area contributed by atoms with Gasteiger partial charge in [-0.1, -0.05) is 12.1 Å². The molecule has 2 heterocycles. The third-order valence-corrected chi connectivity index (χ3v) is 4.51. The number of benzene rings is 1. The van der Waals surface area contributed by atoms with Gasteiger partial charge in [-0.2, -0.15) is 0 Å². The Hall–Kier alpha value is -2.94. The number of halogens is 1. The molecule has 1 N–H and O–H groups in total. The van der Waals surface area contributed by atoms with E-state index in [0.717, 1.165) is 5.56 Å². The molecule has 1 aromatic carbocycles. The van der Waals surface area contributed by atoms with Gasteiger partial charge >= 0.3 is 12.2 Å². The van der Waals surface area contributed by atoms with Gasteiger partial charge in [-0.15, -0.1) is 0 Å². The van der Waals surface area contributed by atoms with Crippen LogP contribution in [-0.2, 0) is 9.47 Å². The Morgan fingerprint density at radius 2 is 1.71 bits per heavy atom. The third kappa shape index (κ3) is 5.61. The van der Waals surface area contributed by atoms with Crippen LogP contribution < -0.4 is 5.32 Å². The van der Waals surface area contributed by atoms with E-state index in [1.807, 2.05) is 6.07 Å². The Bertz CT molecular complexity index is 1140. The quantitative estimate of drug-likeness (QED) is 0.475. The van der Waals surface area contributed by atoms with Crippen LogP contribution in [0.2, 0.25) is 0 Å². The molecule has 2 aromatic heterocycles. The first-order chi connectivity index (χ1) is 14.3. The van der Waals surface area contributed by atoms with E-state index in [-0.39, 0.29) is 0 Å². The van der Waals surface area contributed by atoms with E-state index in [9.17, 15) is 9.59 Å². The topological polar surface area (TPSA) is 95.3 Å². The van der Waals surface area contributed by atoms with Gasteiger partial charge < -0.3 is 9.47 Å². The Labute approximate surface area is 189 Å². The van der Waals surface area contributed by atoms with Gasteiger partial charge in [0.15, 0.2) is 5.65 Å². The van der Waals surface area contributed by atoms with Gasteiger partial charge in [0.1, 0.15) is 17.5 Å². The first-order valence-electron chi connectivity index (χ1n) is 9.69. The molecule has 164 valence electrons. The summed E-state index contributed by atoms with van der Waals surface area (Å²) in [7, 11) is 0. The zero-order valence-corrected chi connectivity index (χ0v) is 19.9. The number of carbonyl (C=O) groups is 2. The molecular formula is C22H25BrN4O4. The van der Waals surface area contributed by atoms with Gasteiger partial charge in [0.25, 0.3) is 0 Å². The Morgan fingerprint density at radius 1 is 1.03 bits per heavy atom. The van der Waals surface area contributed by atoms with Crippen molar-refractivity contribution in [1.29, 1.82) is 0 Å². The van der Waals surface area contributed by atoms with Crippen molar-refractivity contribution in [1.82, 2.24) is 14.5 Å². The number of rotatable bonds is 2. The van der Waals surface area contributed by atoms with Gasteiger partial charge in [-0.25, -0.2) is 24.1 Å². The molecule has 0 aliphatic rings. The van der Waals surface area contributed by atoms with Crippen LogP contribution in [-0.4, -0.2) is 37.9 Å². The zero-order valence-electron chi connectivity index (χ0n) is 18.3. The summed E-state index contributed by atoms with van der Waals surface area (Å²) in [4.78, 5) is 33.4. The average Bonchev–Trinajstić information content (AvgIpc) is 2.96. The molecule has 0 aliphatic carbocycles. The highest BCUT2D eigenvalue weighted by atomic mass is 79.9. The predicted molar refractivity (Wildman–Crippen MR) is 122 cm³/mol. The van der Waals surface area contributed by atoms with E-state index in [1.54, 1.807) is 65.9 Å². The second kappa shape index (κ2) is 8.30. The van der Waals surface area contributed by atoms with E-state index >= 15 is 0 Å². The number of aromatic nitrogens is 3. The van der Waals surface area contributed by atoms with Crippen LogP contribution >= 0.6 is 15.9 Å². The molecule has 0 saturated heterocycles. The molecular weight excluding hydrogens is 464 g/mol. The first-order valence-corrected chi connectivity index (χ1v) is 10.5. The summed E-state index contributed by atoms with van der Waals surface area (Å²) < 4.78 is 12.8. The maximum atomic E-state index is 12.6. The molecule has 0 aliphatic heterocycles. The highest BCUT2D eigenvalue weighted by molar-refractivity contribution is 9.10. The number of carbonyl (C=O) groups excluding carboxylic acids is 2. The lowest BCUT2D eigenvalue weighted by atomic mass is 10.1. The molecule has 3 rings (SSSR count). The van der Waals surface area contributed by atoms with E-state index in [1.165, 1.54) is 10.9 Å². The fourth-order valence-electron chi connectivity index (χ4n) is 2.85. The second-order valence-electron chi connectivity index (χ2n) is 8.96. The molecule has 0 unspecified atom stereocenters. The second-order valence-corrected chi connectivity index (χ2v) is 9.81. The van der Waals surface area contributed by atoms with Crippen molar-refractivity contribution in [3.8, 4) is 11.3 Å². The Balaban J connectivity index is 1.99. The summed E-state index contributed by atoms with van der Waals surface area (Å²) in [6.07, 6.45) is 1.92. The molecule has 8 nitrogen and oxygen atoms in total. The summed E-state index contributed by atoms with van der Waals surface area (Å²) >= 11 is 3.51. The van der Waals surface area contributed by atoms with Gasteiger partial charge in [0, 0.05) is 21.9 Å². The number of nitrogens with one attached hydrogen (secondary N) is 1. The molecule has 0 atom stereocenters. The smallest absolute Gasteiger partial charge is 0.420 e. The highest BCUT2D eigenvalue weighted by Crippen LogP contribution is 2.34. The molecule has 0 fully saturated rings. The van der Waals surface area contributed by atoms with Crippen LogP contribution in [0.1, 0.15) is 41.5 Å². The molecule has 0 spiro atoms. The van der Waals surface area contributed by atoms with Crippen LogP contribution in [0.3, 0.4) is 0 Å². The van der Waals surface area contributed by atoms with Gasteiger partial charge in [0.05, 0.1) is 11.1 Å². The molecule has 0 saturated carbocycles. The van der Waals surface area contributed by atoms with E-state index < -0.39 is 23.4 Å². The van der Waals surface area contributed by atoms with Crippen LogP contribution in [0.25, 0.3) is 22.3 Å². The lowest BCUT2D eigenvalue weighted by molar-refractivity contribution is 0.0542. The number of fused-ring (bicyclic) bond motifs is 1. The summed E-state index contributed by atoms with van der Waals surface area (Å²) in [5.41, 5.74) is 1.07. The maximum Gasteiger partial charge on any atom is 0.420 e. The van der Waals surface area contributed by atoms with Crippen LogP contribution in [0.4, 0.5) is 15.3 Å². The maximum absolute atomic E-state index is 12.6. The van der Waals surface area contributed by atoms with Crippen molar-refractivity contribution in [3.05, 3.63) is 41.3 Å². The SMILES string of the molecule is CC(C)(C)OC(=O)Nc1cccc(-c2ncnc3c2c(Br)cn3C(=O)OC(C)(C)C)c1. The van der Waals surface area contributed by atoms with Crippen molar-refractivity contribution in [2.75, 3.05) is 5.32 Å². The van der Waals surface area contributed by atoms with Gasteiger partial charge in [0.2, 0.25) is 0 Å². The van der Waals surface area contributed by atoms with Crippen LogP contribution in [0, 0.1) is 0 Å². The zero-order chi connectivity index (χ0) is 23.0. The van der Waals surface area contributed by atoms with Crippen molar-refractivity contribution >= 4 is 44.8 Å². The van der Waals surface area contributed by atoms with Gasteiger partial charge in [-0.05, 0) is 69.6 Å². The molecule has 31 heavy (non-hydrogen) atoms. The fraction of sp³-hybridized carbons (Fsp3) is 0.364. The monoisotopic (exact) mass is 488 g/mol. The first kappa shape index (κ1) is 22.7. The van der Waals surface area contributed by atoms with Crippen molar-refractivity contribution in [2.45, 2.75) is 52.7 Å². The number of amides is 1. The van der Waals surface area contributed by atoms with Crippen LogP contribution in [0.5, 0.6) is 0 Å².